The van der Waals surface area contributed by atoms with Crippen LogP contribution in [0.3, 0.4) is 0 Å². The number of methoxy groups -OCH3 is 2. The van der Waals surface area contributed by atoms with Crippen LogP contribution in [-0.2, 0) is 6.42 Å². The van der Waals surface area contributed by atoms with Crippen LogP contribution < -0.4 is 9.47 Å². The van der Waals surface area contributed by atoms with Gasteiger partial charge in [0.05, 0.1) is 14.2 Å². The molecule has 0 aromatic heterocycles. The minimum absolute atomic E-state index is 0.0101. The lowest BCUT2D eigenvalue weighted by Gasteiger charge is -2.31. The fraction of sp³-hybridized carbons (Fsp3) is 0.647. The van der Waals surface area contributed by atoms with Crippen molar-refractivity contribution in [3.63, 3.8) is 0 Å². The molecule has 20 heavy (non-hydrogen) atoms. The molecule has 2 rings (SSSR count). The van der Waals surface area contributed by atoms with Crippen molar-refractivity contribution in [2.24, 2.45) is 5.41 Å². The maximum Gasteiger partial charge on any atom is 0.163 e. The van der Waals surface area contributed by atoms with E-state index in [-0.39, 0.29) is 12.0 Å². The van der Waals surface area contributed by atoms with Crippen LogP contribution in [0.4, 0.5) is 0 Å². The molecule has 0 radical (unpaired) electrons. The monoisotopic (exact) mass is 278 g/mol. The van der Waals surface area contributed by atoms with Crippen LogP contribution in [0.5, 0.6) is 11.5 Å². The lowest BCUT2D eigenvalue weighted by atomic mass is 9.76. The van der Waals surface area contributed by atoms with Gasteiger partial charge in [0.15, 0.2) is 11.5 Å². The first kappa shape index (κ1) is 15.2. The van der Waals surface area contributed by atoms with Crippen LogP contribution >= 0.6 is 0 Å². The molecular formula is C17H26O3. The molecule has 112 valence electrons. The average molecular weight is 278 g/mol. The molecule has 1 aliphatic rings. The fourth-order valence-corrected chi connectivity index (χ4v) is 3.37. The van der Waals surface area contributed by atoms with Gasteiger partial charge < -0.3 is 14.6 Å². The molecule has 1 N–H and O–H groups in total. The summed E-state index contributed by atoms with van der Waals surface area (Å²) in [5.74, 6) is 1.58. The zero-order valence-corrected chi connectivity index (χ0v) is 12.7. The third kappa shape index (κ3) is 3.26. The van der Waals surface area contributed by atoms with Crippen molar-refractivity contribution in [2.45, 2.75) is 44.9 Å². The molecule has 1 aromatic rings. The van der Waals surface area contributed by atoms with E-state index in [0.29, 0.717) is 0 Å². The number of hydrogen-bond donors (Lipinski definition) is 1. The van der Waals surface area contributed by atoms with E-state index in [1.807, 2.05) is 12.1 Å². The molecule has 0 atom stereocenters. The summed E-state index contributed by atoms with van der Waals surface area (Å²) in [4.78, 5) is 0. The summed E-state index contributed by atoms with van der Waals surface area (Å²) < 4.78 is 10.9. The van der Waals surface area contributed by atoms with E-state index in [9.17, 15) is 5.11 Å². The second kappa shape index (κ2) is 6.98. The normalized spacial score (nSPS) is 18.4. The molecule has 3 nitrogen and oxygen atoms in total. The fourth-order valence-electron chi connectivity index (χ4n) is 3.37. The van der Waals surface area contributed by atoms with Crippen molar-refractivity contribution in [2.75, 3.05) is 20.8 Å². The standard InChI is InChI=1S/C17H26O3/c1-19-15-9-7-8-14(16(15)20-2)12-17(13-18)10-5-3-4-6-11-17/h7-9,18H,3-6,10-13H2,1-2H3. The van der Waals surface area contributed by atoms with Crippen LogP contribution in [0.1, 0.15) is 44.1 Å². The van der Waals surface area contributed by atoms with Gasteiger partial charge in [0.2, 0.25) is 0 Å². The molecule has 0 aliphatic heterocycles. The van der Waals surface area contributed by atoms with Crippen LogP contribution in [-0.4, -0.2) is 25.9 Å². The Morgan fingerprint density at radius 3 is 2.30 bits per heavy atom. The van der Waals surface area contributed by atoms with Gasteiger partial charge in [-0.05, 0) is 36.3 Å². The Hall–Kier alpha value is -1.22. The Bertz CT molecular complexity index is 420. The van der Waals surface area contributed by atoms with E-state index in [0.717, 1.165) is 36.3 Å². The lowest BCUT2D eigenvalue weighted by molar-refractivity contribution is 0.106. The molecule has 1 saturated carbocycles. The Kier molecular flexibility index (Phi) is 5.30. The maximum atomic E-state index is 9.95. The van der Waals surface area contributed by atoms with E-state index >= 15 is 0 Å². The van der Waals surface area contributed by atoms with Crippen LogP contribution in [0, 0.1) is 5.41 Å². The number of aliphatic hydroxyl groups is 1. The highest BCUT2D eigenvalue weighted by atomic mass is 16.5. The van der Waals surface area contributed by atoms with Gasteiger partial charge >= 0.3 is 0 Å². The highest BCUT2D eigenvalue weighted by molar-refractivity contribution is 5.47. The van der Waals surface area contributed by atoms with Crippen molar-refractivity contribution in [3.05, 3.63) is 23.8 Å². The van der Waals surface area contributed by atoms with Crippen LogP contribution in [0.15, 0.2) is 18.2 Å². The minimum Gasteiger partial charge on any atom is -0.493 e. The van der Waals surface area contributed by atoms with Gasteiger partial charge in [-0.3, -0.25) is 0 Å². The third-order valence-electron chi connectivity index (χ3n) is 4.55. The highest BCUT2D eigenvalue weighted by Gasteiger charge is 2.31. The SMILES string of the molecule is COc1cccc(CC2(CO)CCCCCC2)c1OC. The third-order valence-corrected chi connectivity index (χ3v) is 4.55. The Balaban J connectivity index is 2.26. The summed E-state index contributed by atoms with van der Waals surface area (Å²) in [5, 5.41) is 9.95. The number of ether oxygens (including phenoxy) is 2. The second-order valence-electron chi connectivity index (χ2n) is 5.90. The predicted molar refractivity (Wildman–Crippen MR) is 80.5 cm³/mol. The number of para-hydroxylation sites is 1. The molecule has 1 aliphatic carbocycles. The molecule has 0 amide bonds. The molecule has 0 saturated heterocycles. The van der Waals surface area contributed by atoms with Gasteiger partial charge in [0.25, 0.3) is 0 Å². The zero-order chi connectivity index (χ0) is 14.4. The molecule has 0 unspecified atom stereocenters. The second-order valence-corrected chi connectivity index (χ2v) is 5.90. The highest BCUT2D eigenvalue weighted by Crippen LogP contribution is 2.41. The topological polar surface area (TPSA) is 38.7 Å². The summed E-state index contributed by atoms with van der Waals surface area (Å²) in [7, 11) is 3.34. The smallest absolute Gasteiger partial charge is 0.163 e. The van der Waals surface area contributed by atoms with Gasteiger partial charge in [-0.15, -0.1) is 0 Å². The maximum absolute atomic E-state index is 9.95. The quantitative estimate of drug-likeness (QED) is 0.837. The van der Waals surface area contributed by atoms with Gasteiger partial charge in [0.1, 0.15) is 0 Å². The molecule has 0 heterocycles. The van der Waals surface area contributed by atoms with Crippen molar-refractivity contribution < 1.29 is 14.6 Å². The Morgan fingerprint density at radius 2 is 1.75 bits per heavy atom. The number of aliphatic hydroxyl groups excluding tert-OH is 1. The zero-order valence-electron chi connectivity index (χ0n) is 12.7. The number of hydrogen-bond acceptors (Lipinski definition) is 3. The van der Waals surface area contributed by atoms with Gasteiger partial charge in [0, 0.05) is 6.61 Å². The summed E-state index contributed by atoms with van der Waals surface area (Å²) in [6, 6.07) is 6.00. The van der Waals surface area contributed by atoms with E-state index in [1.54, 1.807) is 14.2 Å². The van der Waals surface area contributed by atoms with Gasteiger partial charge in [-0.2, -0.15) is 0 Å². The van der Waals surface area contributed by atoms with Gasteiger partial charge in [-0.1, -0.05) is 37.8 Å². The van der Waals surface area contributed by atoms with E-state index < -0.39 is 0 Å². The number of rotatable bonds is 5. The summed E-state index contributed by atoms with van der Waals surface area (Å²) in [6.45, 7) is 0.257. The summed E-state index contributed by atoms with van der Waals surface area (Å²) >= 11 is 0. The first-order valence-corrected chi connectivity index (χ1v) is 7.55. The molecule has 1 aromatic carbocycles. The Morgan fingerprint density at radius 1 is 1.05 bits per heavy atom. The van der Waals surface area contributed by atoms with Gasteiger partial charge in [-0.25, -0.2) is 0 Å². The van der Waals surface area contributed by atoms with Crippen molar-refractivity contribution >= 4 is 0 Å². The molecule has 0 bridgehead atoms. The first-order chi connectivity index (χ1) is 9.74. The predicted octanol–water partition coefficient (Wildman–Crippen LogP) is 3.58. The van der Waals surface area contributed by atoms with Crippen molar-refractivity contribution in [1.82, 2.24) is 0 Å². The molecule has 0 spiro atoms. The van der Waals surface area contributed by atoms with Crippen molar-refractivity contribution in [3.8, 4) is 11.5 Å². The van der Waals surface area contributed by atoms with E-state index in [4.69, 9.17) is 9.47 Å². The van der Waals surface area contributed by atoms with Crippen LogP contribution in [0.25, 0.3) is 0 Å². The lowest BCUT2D eigenvalue weighted by Crippen LogP contribution is -2.27. The summed E-state index contributed by atoms with van der Waals surface area (Å²) in [5.41, 5.74) is 1.15. The minimum atomic E-state index is 0.0101. The van der Waals surface area contributed by atoms with Crippen LogP contribution in [0.2, 0.25) is 0 Å². The van der Waals surface area contributed by atoms with Crippen molar-refractivity contribution in [1.29, 1.82) is 0 Å². The van der Waals surface area contributed by atoms with E-state index in [1.165, 1.54) is 25.7 Å². The largest absolute Gasteiger partial charge is 0.493 e. The summed E-state index contributed by atoms with van der Waals surface area (Å²) in [6.07, 6.45) is 8.07. The average Bonchev–Trinajstić information content (AvgIpc) is 2.73. The van der Waals surface area contributed by atoms with E-state index in [2.05, 4.69) is 6.07 Å². The molecular weight excluding hydrogens is 252 g/mol. The first-order valence-electron chi connectivity index (χ1n) is 7.55. The number of benzene rings is 1. The molecule has 1 fully saturated rings. The molecule has 3 heteroatoms. The Labute approximate surface area is 121 Å².